The van der Waals surface area contributed by atoms with E-state index in [1.807, 2.05) is 24.3 Å². The van der Waals surface area contributed by atoms with Gasteiger partial charge in [0.05, 0.1) is 13.2 Å². The Morgan fingerprint density at radius 1 is 1.33 bits per heavy atom. The van der Waals surface area contributed by atoms with Gasteiger partial charge in [0.1, 0.15) is 17.7 Å². The summed E-state index contributed by atoms with van der Waals surface area (Å²) in [6, 6.07) is 7.39. The van der Waals surface area contributed by atoms with E-state index in [0.717, 1.165) is 36.8 Å². The zero-order chi connectivity index (χ0) is 21.1. The van der Waals surface area contributed by atoms with Crippen LogP contribution in [-0.4, -0.2) is 40.0 Å². The molecule has 1 aliphatic heterocycles. The first-order valence-corrected chi connectivity index (χ1v) is 10.1. The molecular formula is C21H24N4O5. The molecule has 0 unspecified atom stereocenters. The normalized spacial score (nSPS) is 16.4. The van der Waals surface area contributed by atoms with Crippen LogP contribution in [0.4, 0.5) is 5.69 Å². The third-order valence-electron chi connectivity index (χ3n) is 5.66. The van der Waals surface area contributed by atoms with Gasteiger partial charge in [0, 0.05) is 25.2 Å². The number of rotatable bonds is 7. The molecule has 1 aliphatic carbocycles. The van der Waals surface area contributed by atoms with Crippen molar-refractivity contribution in [3.05, 3.63) is 51.7 Å². The Hall–Kier alpha value is -3.20. The van der Waals surface area contributed by atoms with Gasteiger partial charge in [-0.05, 0) is 30.9 Å². The van der Waals surface area contributed by atoms with Crippen molar-refractivity contribution in [1.29, 1.82) is 0 Å². The van der Waals surface area contributed by atoms with Crippen molar-refractivity contribution < 1.29 is 19.4 Å². The SMILES string of the molecule is O=CCCNc1ccccc1CNC(=O)c1nc2n(c(=O)c1O)CCOC21CCC1. The molecule has 1 saturated carbocycles. The van der Waals surface area contributed by atoms with Gasteiger partial charge in [0.2, 0.25) is 5.75 Å². The number of nitrogens with zero attached hydrogens (tertiary/aromatic N) is 2. The molecule has 9 nitrogen and oxygen atoms in total. The number of carbonyl (C=O) groups excluding carboxylic acids is 2. The van der Waals surface area contributed by atoms with Gasteiger partial charge < -0.3 is 25.3 Å². The molecule has 2 aromatic rings. The zero-order valence-electron chi connectivity index (χ0n) is 16.5. The summed E-state index contributed by atoms with van der Waals surface area (Å²) >= 11 is 0. The van der Waals surface area contributed by atoms with Crippen LogP contribution in [0.15, 0.2) is 29.1 Å². The first-order valence-electron chi connectivity index (χ1n) is 10.1. The molecule has 3 N–H and O–H groups in total. The molecule has 1 aromatic carbocycles. The minimum atomic E-state index is -0.648. The summed E-state index contributed by atoms with van der Waals surface area (Å²) in [6.07, 6.45) is 3.66. The van der Waals surface area contributed by atoms with Crippen molar-refractivity contribution in [1.82, 2.24) is 14.9 Å². The van der Waals surface area contributed by atoms with Crippen LogP contribution < -0.4 is 16.2 Å². The summed E-state index contributed by atoms with van der Waals surface area (Å²) in [5, 5.41) is 16.2. The number of hydrogen-bond acceptors (Lipinski definition) is 7. The second kappa shape index (κ2) is 8.27. The quantitative estimate of drug-likeness (QED) is 0.463. The van der Waals surface area contributed by atoms with E-state index in [0.29, 0.717) is 31.9 Å². The number of amides is 1. The lowest BCUT2D eigenvalue weighted by atomic mass is 9.78. The van der Waals surface area contributed by atoms with E-state index in [-0.39, 0.29) is 12.2 Å². The predicted octanol–water partition coefficient (Wildman–Crippen LogP) is 1.29. The minimum Gasteiger partial charge on any atom is -0.501 e. The maximum Gasteiger partial charge on any atom is 0.296 e. The number of para-hydroxylation sites is 1. The summed E-state index contributed by atoms with van der Waals surface area (Å²) in [5.41, 5.74) is 0.0776. The van der Waals surface area contributed by atoms with Crippen LogP contribution in [0.1, 0.15) is 47.6 Å². The average Bonchev–Trinajstić information content (AvgIpc) is 2.74. The molecule has 0 bridgehead atoms. The Kier molecular flexibility index (Phi) is 5.54. The monoisotopic (exact) mass is 412 g/mol. The van der Waals surface area contributed by atoms with Crippen LogP contribution in [-0.2, 0) is 28.2 Å². The molecule has 2 aliphatic rings. The minimum absolute atomic E-state index is 0.171. The fraction of sp³-hybridized carbons (Fsp3) is 0.429. The van der Waals surface area contributed by atoms with Gasteiger partial charge in [0.25, 0.3) is 11.5 Å². The van der Waals surface area contributed by atoms with E-state index < -0.39 is 22.8 Å². The fourth-order valence-electron chi connectivity index (χ4n) is 3.89. The van der Waals surface area contributed by atoms with Crippen LogP contribution in [0, 0.1) is 0 Å². The number of aromatic nitrogens is 2. The summed E-state index contributed by atoms with van der Waals surface area (Å²) in [5.74, 6) is -0.857. The van der Waals surface area contributed by atoms with Crippen molar-refractivity contribution in [2.45, 2.75) is 44.4 Å². The standard InChI is InChI=1S/C21H24N4O5/c26-11-4-9-22-15-6-2-1-5-14(15)13-23-18(28)16-17(27)19(29)25-10-12-30-21(7-3-8-21)20(25)24-16/h1-2,5-6,11,22,27H,3-4,7-10,12-13H2,(H,23,28). The van der Waals surface area contributed by atoms with Crippen LogP contribution >= 0.6 is 0 Å². The highest BCUT2D eigenvalue weighted by Gasteiger charge is 2.46. The maximum absolute atomic E-state index is 12.8. The first-order chi connectivity index (χ1) is 14.6. The second-order valence-corrected chi connectivity index (χ2v) is 7.51. The number of benzene rings is 1. The number of hydrogen-bond donors (Lipinski definition) is 3. The Bertz CT molecular complexity index is 1030. The molecule has 0 saturated heterocycles. The first kappa shape index (κ1) is 20.1. The van der Waals surface area contributed by atoms with Crippen LogP contribution in [0.3, 0.4) is 0 Å². The average molecular weight is 412 g/mol. The van der Waals surface area contributed by atoms with E-state index >= 15 is 0 Å². The Labute approximate surface area is 173 Å². The highest BCUT2D eigenvalue weighted by molar-refractivity contribution is 5.94. The molecule has 4 rings (SSSR count). The van der Waals surface area contributed by atoms with Gasteiger partial charge in [-0.25, -0.2) is 4.98 Å². The summed E-state index contributed by atoms with van der Waals surface area (Å²) in [7, 11) is 0. The van der Waals surface area contributed by atoms with Gasteiger partial charge in [-0.3, -0.25) is 14.2 Å². The maximum atomic E-state index is 12.8. The van der Waals surface area contributed by atoms with Crippen molar-refractivity contribution in [2.24, 2.45) is 0 Å². The molecule has 1 spiro atoms. The Morgan fingerprint density at radius 2 is 2.13 bits per heavy atom. The lowest BCUT2D eigenvalue weighted by molar-refractivity contribution is -0.134. The van der Waals surface area contributed by atoms with E-state index in [1.54, 1.807) is 0 Å². The van der Waals surface area contributed by atoms with Crippen molar-refractivity contribution in [3.63, 3.8) is 0 Å². The van der Waals surface area contributed by atoms with E-state index in [9.17, 15) is 19.5 Å². The molecular weight excluding hydrogens is 388 g/mol. The Morgan fingerprint density at radius 3 is 2.87 bits per heavy atom. The lowest BCUT2D eigenvalue weighted by Gasteiger charge is -2.44. The van der Waals surface area contributed by atoms with E-state index in [1.165, 1.54) is 4.57 Å². The molecule has 0 radical (unpaired) electrons. The lowest BCUT2D eigenvalue weighted by Crippen LogP contribution is -2.49. The molecule has 30 heavy (non-hydrogen) atoms. The number of aldehydes is 1. The Balaban J connectivity index is 1.55. The molecule has 0 atom stereocenters. The molecule has 158 valence electrons. The van der Waals surface area contributed by atoms with Gasteiger partial charge in [0.15, 0.2) is 5.69 Å². The molecule has 1 amide bonds. The third-order valence-corrected chi connectivity index (χ3v) is 5.66. The predicted molar refractivity (Wildman–Crippen MR) is 108 cm³/mol. The van der Waals surface area contributed by atoms with Crippen molar-refractivity contribution >= 4 is 17.9 Å². The van der Waals surface area contributed by atoms with Gasteiger partial charge in [-0.15, -0.1) is 0 Å². The summed E-state index contributed by atoms with van der Waals surface area (Å²) in [6.45, 7) is 1.34. The summed E-state index contributed by atoms with van der Waals surface area (Å²) in [4.78, 5) is 40.3. The molecule has 1 fully saturated rings. The zero-order valence-corrected chi connectivity index (χ0v) is 16.5. The van der Waals surface area contributed by atoms with Gasteiger partial charge >= 0.3 is 0 Å². The van der Waals surface area contributed by atoms with Crippen LogP contribution in [0.25, 0.3) is 0 Å². The van der Waals surface area contributed by atoms with Gasteiger partial charge in [-0.2, -0.15) is 0 Å². The number of fused-ring (bicyclic) bond motifs is 2. The number of aromatic hydroxyl groups is 1. The molecule has 1 aromatic heterocycles. The smallest absolute Gasteiger partial charge is 0.296 e. The topological polar surface area (TPSA) is 123 Å². The molecule has 2 heterocycles. The highest BCUT2D eigenvalue weighted by atomic mass is 16.5. The number of carbonyl (C=O) groups is 2. The van der Waals surface area contributed by atoms with Crippen LogP contribution in [0.5, 0.6) is 5.75 Å². The second-order valence-electron chi connectivity index (χ2n) is 7.51. The van der Waals surface area contributed by atoms with Crippen molar-refractivity contribution in [3.8, 4) is 5.75 Å². The highest BCUT2D eigenvalue weighted by Crippen LogP contribution is 2.45. The number of anilines is 1. The number of nitrogens with one attached hydrogen (secondary N) is 2. The summed E-state index contributed by atoms with van der Waals surface area (Å²) < 4.78 is 7.30. The molecule has 9 heteroatoms. The fourth-order valence-corrected chi connectivity index (χ4v) is 3.89. The van der Waals surface area contributed by atoms with Crippen molar-refractivity contribution in [2.75, 3.05) is 18.5 Å². The largest absolute Gasteiger partial charge is 0.501 e. The van der Waals surface area contributed by atoms with Gasteiger partial charge in [-0.1, -0.05) is 18.2 Å². The third kappa shape index (κ3) is 3.56. The van der Waals surface area contributed by atoms with E-state index in [4.69, 9.17) is 4.74 Å². The number of ether oxygens (including phenoxy) is 1. The van der Waals surface area contributed by atoms with E-state index in [2.05, 4.69) is 15.6 Å². The van der Waals surface area contributed by atoms with Crippen LogP contribution in [0.2, 0.25) is 0 Å².